The highest BCUT2D eigenvalue weighted by Gasteiger charge is 2.09. The average Bonchev–Trinajstić information content (AvgIpc) is 2.63. The van der Waals surface area contributed by atoms with Gasteiger partial charge in [0.2, 0.25) is 0 Å². The second-order valence-corrected chi connectivity index (χ2v) is 5.10. The van der Waals surface area contributed by atoms with Crippen molar-refractivity contribution < 1.29 is 5.11 Å². The van der Waals surface area contributed by atoms with E-state index in [4.69, 9.17) is 0 Å². The molecule has 0 aliphatic heterocycles. The Morgan fingerprint density at radius 2 is 2.12 bits per heavy atom. The number of hydrogen-bond acceptors (Lipinski definition) is 5. The van der Waals surface area contributed by atoms with Crippen molar-refractivity contribution in [3.8, 4) is 0 Å². The first-order chi connectivity index (χ1) is 8.06. The van der Waals surface area contributed by atoms with E-state index in [9.17, 15) is 5.11 Å². The molecule has 17 heavy (non-hydrogen) atoms. The molecular formula is C12H15N3OS. The summed E-state index contributed by atoms with van der Waals surface area (Å²) in [5.74, 6) is 0.747. The van der Waals surface area contributed by atoms with Crippen molar-refractivity contribution in [3.05, 3.63) is 39.4 Å². The lowest BCUT2D eigenvalue weighted by Crippen LogP contribution is -2.04. The topological polar surface area (TPSA) is 58.9 Å². The van der Waals surface area contributed by atoms with Gasteiger partial charge in [0.1, 0.15) is 5.82 Å². The fourth-order valence-electron chi connectivity index (χ4n) is 1.67. The highest BCUT2D eigenvalue weighted by atomic mass is 32.1. The van der Waals surface area contributed by atoms with Gasteiger partial charge in [0.25, 0.3) is 0 Å². The molecule has 0 aliphatic carbocycles. The molecule has 0 aliphatic rings. The Morgan fingerprint density at radius 3 is 2.65 bits per heavy atom. The number of aromatic nitrogens is 3. The summed E-state index contributed by atoms with van der Waals surface area (Å²) < 4.78 is 0. The predicted molar refractivity (Wildman–Crippen MR) is 67.1 cm³/mol. The summed E-state index contributed by atoms with van der Waals surface area (Å²) in [6.45, 7) is 5.59. The second-order valence-electron chi connectivity index (χ2n) is 4.04. The third-order valence-corrected chi connectivity index (χ3v) is 3.35. The minimum absolute atomic E-state index is 0.523. The first kappa shape index (κ1) is 12.1. The molecular weight excluding hydrogens is 234 g/mol. The van der Waals surface area contributed by atoms with E-state index in [2.05, 4.69) is 15.0 Å². The highest BCUT2D eigenvalue weighted by Crippen LogP contribution is 2.16. The number of nitrogens with zero attached hydrogens (tertiary/aromatic N) is 3. The van der Waals surface area contributed by atoms with E-state index in [-0.39, 0.29) is 0 Å². The Hall–Kier alpha value is -1.33. The molecule has 90 valence electrons. The van der Waals surface area contributed by atoms with Crippen molar-refractivity contribution in [2.24, 2.45) is 0 Å². The van der Waals surface area contributed by atoms with Gasteiger partial charge in [-0.3, -0.25) is 0 Å². The number of hydrogen-bond donors (Lipinski definition) is 1. The van der Waals surface area contributed by atoms with Gasteiger partial charge in [0, 0.05) is 22.8 Å². The quantitative estimate of drug-likeness (QED) is 0.906. The van der Waals surface area contributed by atoms with Crippen LogP contribution >= 0.6 is 11.3 Å². The third kappa shape index (κ3) is 2.87. The average molecular weight is 249 g/mol. The number of rotatable bonds is 3. The predicted octanol–water partition coefficient (Wildman–Crippen LogP) is 2.19. The molecule has 0 fully saturated rings. The van der Waals surface area contributed by atoms with E-state index in [1.165, 1.54) is 0 Å². The number of aryl methyl sites for hydroxylation is 2. The summed E-state index contributed by atoms with van der Waals surface area (Å²) in [6, 6.07) is 0. The van der Waals surface area contributed by atoms with Gasteiger partial charge in [-0.25, -0.2) is 15.0 Å². The lowest BCUT2D eigenvalue weighted by atomic mass is 10.1. The van der Waals surface area contributed by atoms with Crippen LogP contribution in [0, 0.1) is 13.8 Å². The summed E-state index contributed by atoms with van der Waals surface area (Å²) >= 11 is 1.63. The van der Waals surface area contributed by atoms with Crippen molar-refractivity contribution in [3.63, 3.8) is 0 Å². The van der Waals surface area contributed by atoms with Gasteiger partial charge >= 0.3 is 0 Å². The van der Waals surface area contributed by atoms with Crippen molar-refractivity contribution in [2.75, 3.05) is 0 Å². The molecule has 2 heterocycles. The molecule has 0 saturated carbocycles. The Morgan fingerprint density at radius 1 is 1.35 bits per heavy atom. The summed E-state index contributed by atoms with van der Waals surface area (Å²) in [6.07, 6.45) is 1.82. The Bertz CT molecular complexity index is 522. The summed E-state index contributed by atoms with van der Waals surface area (Å²) in [5, 5.41) is 12.6. The zero-order valence-corrected chi connectivity index (χ0v) is 11.0. The SMILES string of the molecule is Cc1nc(Cc2ncc(C(C)O)c(C)n2)cs1. The van der Waals surface area contributed by atoms with Crippen LogP contribution in [0.4, 0.5) is 0 Å². The van der Waals surface area contributed by atoms with E-state index in [0.29, 0.717) is 6.42 Å². The largest absolute Gasteiger partial charge is 0.389 e. The van der Waals surface area contributed by atoms with E-state index in [0.717, 1.165) is 27.8 Å². The molecule has 0 spiro atoms. The van der Waals surface area contributed by atoms with Gasteiger partial charge in [-0.05, 0) is 20.8 Å². The molecule has 1 atom stereocenters. The van der Waals surface area contributed by atoms with Crippen LogP contribution in [0.15, 0.2) is 11.6 Å². The van der Waals surface area contributed by atoms with Crippen molar-refractivity contribution in [2.45, 2.75) is 33.3 Å². The van der Waals surface area contributed by atoms with Crippen LogP contribution in [0.1, 0.15) is 40.8 Å². The van der Waals surface area contributed by atoms with Crippen LogP contribution in [0.2, 0.25) is 0 Å². The van der Waals surface area contributed by atoms with Gasteiger partial charge in [0.05, 0.1) is 23.2 Å². The van der Waals surface area contributed by atoms with Gasteiger partial charge in [0.15, 0.2) is 0 Å². The lowest BCUT2D eigenvalue weighted by Gasteiger charge is -2.08. The maximum Gasteiger partial charge on any atom is 0.134 e. The summed E-state index contributed by atoms with van der Waals surface area (Å²) in [7, 11) is 0. The maximum absolute atomic E-state index is 9.50. The minimum Gasteiger partial charge on any atom is -0.389 e. The number of thiazole rings is 1. The van der Waals surface area contributed by atoms with Crippen molar-refractivity contribution in [1.29, 1.82) is 0 Å². The van der Waals surface area contributed by atoms with Crippen LogP contribution < -0.4 is 0 Å². The zero-order chi connectivity index (χ0) is 12.4. The van der Waals surface area contributed by atoms with Crippen LogP contribution in [-0.4, -0.2) is 20.1 Å². The Balaban J connectivity index is 2.20. The summed E-state index contributed by atoms with van der Waals surface area (Å²) in [4.78, 5) is 13.0. The maximum atomic E-state index is 9.50. The van der Waals surface area contributed by atoms with Gasteiger partial charge in [-0.2, -0.15) is 0 Å². The highest BCUT2D eigenvalue weighted by molar-refractivity contribution is 7.09. The molecule has 0 bridgehead atoms. The van der Waals surface area contributed by atoms with Crippen LogP contribution in [0.25, 0.3) is 0 Å². The van der Waals surface area contributed by atoms with Crippen molar-refractivity contribution in [1.82, 2.24) is 15.0 Å². The molecule has 0 amide bonds. The molecule has 0 saturated heterocycles. The first-order valence-electron chi connectivity index (χ1n) is 5.47. The van der Waals surface area contributed by atoms with E-state index in [1.54, 1.807) is 24.5 Å². The zero-order valence-electron chi connectivity index (χ0n) is 10.1. The third-order valence-electron chi connectivity index (χ3n) is 2.52. The molecule has 2 aromatic heterocycles. The summed E-state index contributed by atoms with van der Waals surface area (Å²) in [5.41, 5.74) is 2.61. The molecule has 1 unspecified atom stereocenters. The molecule has 2 rings (SSSR count). The molecule has 0 aromatic carbocycles. The molecule has 4 nitrogen and oxygen atoms in total. The smallest absolute Gasteiger partial charge is 0.134 e. The minimum atomic E-state index is -0.523. The molecule has 2 aromatic rings. The number of aliphatic hydroxyl groups is 1. The van der Waals surface area contributed by atoms with Crippen LogP contribution in [-0.2, 0) is 6.42 Å². The van der Waals surface area contributed by atoms with Gasteiger partial charge in [-0.1, -0.05) is 0 Å². The molecule has 1 N–H and O–H groups in total. The lowest BCUT2D eigenvalue weighted by molar-refractivity contribution is 0.197. The van der Waals surface area contributed by atoms with E-state index < -0.39 is 6.10 Å². The normalized spacial score (nSPS) is 12.7. The fraction of sp³-hybridized carbons (Fsp3) is 0.417. The van der Waals surface area contributed by atoms with Gasteiger partial charge < -0.3 is 5.11 Å². The molecule has 0 radical (unpaired) electrons. The Labute approximate surface area is 104 Å². The van der Waals surface area contributed by atoms with Crippen LogP contribution in [0.3, 0.4) is 0 Å². The first-order valence-corrected chi connectivity index (χ1v) is 6.35. The Kier molecular flexibility index (Phi) is 3.49. The van der Waals surface area contributed by atoms with Crippen molar-refractivity contribution >= 4 is 11.3 Å². The monoisotopic (exact) mass is 249 g/mol. The molecule has 5 heteroatoms. The standard InChI is InChI=1S/C12H15N3OS/c1-7-11(8(2)16)5-13-12(14-7)4-10-6-17-9(3)15-10/h5-6,8,16H,4H2,1-3H3. The van der Waals surface area contributed by atoms with Crippen LogP contribution in [0.5, 0.6) is 0 Å². The van der Waals surface area contributed by atoms with E-state index in [1.807, 2.05) is 19.2 Å². The fourth-order valence-corrected chi connectivity index (χ4v) is 2.28. The van der Waals surface area contributed by atoms with E-state index >= 15 is 0 Å². The second kappa shape index (κ2) is 4.89. The van der Waals surface area contributed by atoms with Gasteiger partial charge in [-0.15, -0.1) is 11.3 Å². The number of aliphatic hydroxyl groups excluding tert-OH is 1.